The number of carbonyl (C=O) groups excluding carboxylic acids is 1. The molecule has 5 nitrogen and oxygen atoms in total. The van der Waals surface area contributed by atoms with E-state index < -0.39 is 0 Å². The Bertz CT molecular complexity index is 436. The SMILES string of the molecule is CCOC(=O)CC(c1cnn(C(C)C)c1)N1CCCC1. The molecule has 5 heteroatoms. The van der Waals surface area contributed by atoms with Crippen molar-refractivity contribution in [2.24, 2.45) is 0 Å². The van der Waals surface area contributed by atoms with Crippen LogP contribution in [0.15, 0.2) is 12.4 Å². The number of carbonyl (C=O) groups is 1. The summed E-state index contributed by atoms with van der Waals surface area (Å²) < 4.78 is 7.06. The Labute approximate surface area is 120 Å². The molecule has 0 saturated carbocycles. The second-order valence-electron chi connectivity index (χ2n) is 5.62. The van der Waals surface area contributed by atoms with Crippen LogP contribution in [0.3, 0.4) is 0 Å². The minimum absolute atomic E-state index is 0.101. The van der Waals surface area contributed by atoms with Gasteiger partial charge in [-0.15, -0.1) is 0 Å². The van der Waals surface area contributed by atoms with E-state index in [1.165, 1.54) is 12.8 Å². The molecule has 0 N–H and O–H groups in total. The van der Waals surface area contributed by atoms with Crippen molar-refractivity contribution in [2.45, 2.75) is 52.1 Å². The Morgan fingerprint density at radius 2 is 2.10 bits per heavy atom. The fourth-order valence-electron chi connectivity index (χ4n) is 2.70. The monoisotopic (exact) mass is 279 g/mol. The lowest BCUT2D eigenvalue weighted by molar-refractivity contribution is -0.144. The molecule has 0 bridgehead atoms. The molecule has 0 amide bonds. The summed E-state index contributed by atoms with van der Waals surface area (Å²) in [7, 11) is 0. The number of ether oxygens (including phenoxy) is 1. The van der Waals surface area contributed by atoms with Gasteiger partial charge >= 0.3 is 5.97 Å². The van der Waals surface area contributed by atoms with E-state index in [1.807, 2.05) is 17.8 Å². The van der Waals surface area contributed by atoms with E-state index in [9.17, 15) is 4.79 Å². The van der Waals surface area contributed by atoms with Crippen LogP contribution in [0.2, 0.25) is 0 Å². The van der Waals surface area contributed by atoms with E-state index in [0.717, 1.165) is 18.7 Å². The molecule has 0 radical (unpaired) electrons. The quantitative estimate of drug-likeness (QED) is 0.751. The Balaban J connectivity index is 2.13. The number of likely N-dealkylation sites (tertiary alicyclic amines) is 1. The Morgan fingerprint density at radius 1 is 1.40 bits per heavy atom. The molecule has 2 rings (SSSR count). The minimum Gasteiger partial charge on any atom is -0.466 e. The molecule has 112 valence electrons. The summed E-state index contributed by atoms with van der Waals surface area (Å²) in [5, 5.41) is 4.40. The molecule has 0 aromatic carbocycles. The predicted molar refractivity (Wildman–Crippen MR) is 77.4 cm³/mol. The first-order valence-electron chi connectivity index (χ1n) is 7.55. The first kappa shape index (κ1) is 15.0. The zero-order chi connectivity index (χ0) is 14.5. The number of esters is 1. The van der Waals surface area contributed by atoms with Crippen LogP contribution in [0.5, 0.6) is 0 Å². The zero-order valence-corrected chi connectivity index (χ0v) is 12.7. The van der Waals surface area contributed by atoms with Crippen LogP contribution in [0.4, 0.5) is 0 Å². The zero-order valence-electron chi connectivity index (χ0n) is 12.7. The van der Waals surface area contributed by atoms with Crippen molar-refractivity contribution >= 4 is 5.97 Å². The van der Waals surface area contributed by atoms with Crippen molar-refractivity contribution in [2.75, 3.05) is 19.7 Å². The van der Waals surface area contributed by atoms with Crippen molar-refractivity contribution in [3.8, 4) is 0 Å². The number of rotatable bonds is 6. The smallest absolute Gasteiger partial charge is 0.307 e. The summed E-state index contributed by atoms with van der Waals surface area (Å²) in [6.07, 6.45) is 6.78. The average Bonchev–Trinajstić information content (AvgIpc) is 3.08. The molecule has 0 aliphatic carbocycles. The maximum Gasteiger partial charge on any atom is 0.307 e. The summed E-state index contributed by atoms with van der Waals surface area (Å²) in [6, 6.07) is 0.439. The number of nitrogens with zero attached hydrogens (tertiary/aromatic N) is 3. The Kier molecular flexibility index (Phi) is 5.17. The molecule has 2 heterocycles. The standard InChI is InChI=1S/C15H25N3O2/c1-4-20-15(19)9-14(17-7-5-6-8-17)13-10-16-18(11-13)12(2)3/h10-12,14H,4-9H2,1-3H3. The van der Waals surface area contributed by atoms with Gasteiger partial charge in [0, 0.05) is 23.8 Å². The topological polar surface area (TPSA) is 47.4 Å². The summed E-state index contributed by atoms with van der Waals surface area (Å²) in [4.78, 5) is 14.2. The summed E-state index contributed by atoms with van der Waals surface area (Å²) in [6.45, 7) is 8.60. The van der Waals surface area contributed by atoms with Gasteiger partial charge in [0.1, 0.15) is 0 Å². The van der Waals surface area contributed by atoms with Crippen LogP contribution < -0.4 is 0 Å². The third-order valence-electron chi connectivity index (χ3n) is 3.78. The molecular weight excluding hydrogens is 254 g/mol. The minimum atomic E-state index is -0.123. The first-order valence-corrected chi connectivity index (χ1v) is 7.55. The fourth-order valence-corrected chi connectivity index (χ4v) is 2.70. The lowest BCUT2D eigenvalue weighted by atomic mass is 10.1. The van der Waals surface area contributed by atoms with E-state index in [1.54, 1.807) is 0 Å². The molecule has 1 aromatic rings. The van der Waals surface area contributed by atoms with Gasteiger partial charge in [-0.05, 0) is 46.7 Å². The van der Waals surface area contributed by atoms with Crippen LogP contribution in [0, 0.1) is 0 Å². The third kappa shape index (κ3) is 3.60. The third-order valence-corrected chi connectivity index (χ3v) is 3.78. The van der Waals surface area contributed by atoms with Gasteiger partial charge in [-0.25, -0.2) is 0 Å². The van der Waals surface area contributed by atoms with E-state index in [-0.39, 0.29) is 12.0 Å². The highest BCUT2D eigenvalue weighted by Gasteiger charge is 2.27. The number of hydrogen-bond donors (Lipinski definition) is 0. The van der Waals surface area contributed by atoms with Crippen LogP contribution in [-0.2, 0) is 9.53 Å². The highest BCUT2D eigenvalue weighted by atomic mass is 16.5. The maximum absolute atomic E-state index is 11.8. The molecule has 1 fully saturated rings. The molecule has 1 aliphatic rings. The molecule has 20 heavy (non-hydrogen) atoms. The van der Waals surface area contributed by atoms with Gasteiger partial charge in [0.05, 0.1) is 19.2 Å². The molecule has 1 saturated heterocycles. The summed E-state index contributed by atoms with van der Waals surface area (Å²) in [5.41, 5.74) is 1.12. The first-order chi connectivity index (χ1) is 9.61. The van der Waals surface area contributed by atoms with Gasteiger partial charge in [0.15, 0.2) is 0 Å². The number of aromatic nitrogens is 2. The second kappa shape index (κ2) is 6.88. The molecule has 0 spiro atoms. The highest BCUT2D eigenvalue weighted by Crippen LogP contribution is 2.28. The van der Waals surface area contributed by atoms with Crippen molar-refractivity contribution in [1.82, 2.24) is 14.7 Å². The van der Waals surface area contributed by atoms with Crippen LogP contribution >= 0.6 is 0 Å². The Hall–Kier alpha value is -1.36. The van der Waals surface area contributed by atoms with Crippen molar-refractivity contribution in [1.29, 1.82) is 0 Å². The van der Waals surface area contributed by atoms with Crippen LogP contribution in [0.25, 0.3) is 0 Å². The lowest BCUT2D eigenvalue weighted by Crippen LogP contribution is -2.28. The highest BCUT2D eigenvalue weighted by molar-refractivity contribution is 5.70. The van der Waals surface area contributed by atoms with Crippen molar-refractivity contribution in [3.05, 3.63) is 18.0 Å². The van der Waals surface area contributed by atoms with Crippen LogP contribution in [-0.4, -0.2) is 40.3 Å². The van der Waals surface area contributed by atoms with Gasteiger partial charge in [-0.3, -0.25) is 14.4 Å². The predicted octanol–water partition coefficient (Wildman–Crippen LogP) is 2.55. The van der Waals surface area contributed by atoms with Crippen LogP contribution in [0.1, 0.15) is 57.7 Å². The molecule has 1 aliphatic heterocycles. The van der Waals surface area contributed by atoms with Gasteiger partial charge in [-0.1, -0.05) is 0 Å². The summed E-state index contributed by atoms with van der Waals surface area (Å²) >= 11 is 0. The lowest BCUT2D eigenvalue weighted by Gasteiger charge is -2.25. The normalized spacial score (nSPS) is 17.6. The Morgan fingerprint density at radius 3 is 2.65 bits per heavy atom. The van der Waals surface area contributed by atoms with Gasteiger partial charge in [0.2, 0.25) is 0 Å². The summed E-state index contributed by atoms with van der Waals surface area (Å²) in [5.74, 6) is -0.123. The van der Waals surface area contributed by atoms with Gasteiger partial charge in [-0.2, -0.15) is 5.10 Å². The largest absolute Gasteiger partial charge is 0.466 e. The average molecular weight is 279 g/mol. The molecular formula is C15H25N3O2. The van der Waals surface area contributed by atoms with Crippen molar-refractivity contribution < 1.29 is 9.53 Å². The molecule has 1 unspecified atom stereocenters. The van der Waals surface area contributed by atoms with E-state index in [0.29, 0.717) is 19.1 Å². The van der Waals surface area contributed by atoms with E-state index >= 15 is 0 Å². The van der Waals surface area contributed by atoms with E-state index in [4.69, 9.17) is 4.74 Å². The second-order valence-corrected chi connectivity index (χ2v) is 5.62. The van der Waals surface area contributed by atoms with Gasteiger partial charge in [0.25, 0.3) is 0 Å². The van der Waals surface area contributed by atoms with Crippen molar-refractivity contribution in [3.63, 3.8) is 0 Å². The molecule has 1 aromatic heterocycles. The molecule has 1 atom stereocenters. The fraction of sp³-hybridized carbons (Fsp3) is 0.733. The van der Waals surface area contributed by atoms with E-state index in [2.05, 4.69) is 30.0 Å². The maximum atomic E-state index is 11.8. The van der Waals surface area contributed by atoms with Gasteiger partial charge < -0.3 is 4.74 Å². The number of hydrogen-bond acceptors (Lipinski definition) is 4.